The Kier molecular flexibility index (Phi) is 9.59. The average Bonchev–Trinajstić information content (AvgIpc) is 3.14. The molecule has 8 heteroatoms. The number of carboxylic acid groups (broad SMARTS) is 1. The van der Waals surface area contributed by atoms with E-state index in [-0.39, 0.29) is 13.2 Å². The van der Waals surface area contributed by atoms with Crippen molar-refractivity contribution in [2.75, 3.05) is 0 Å². The highest BCUT2D eigenvalue weighted by atomic mass is 16.5. The number of benzene rings is 4. The molecule has 0 aliphatic rings. The third kappa shape index (κ3) is 7.69. The first-order chi connectivity index (χ1) is 23.1. The maximum absolute atomic E-state index is 12.0. The van der Waals surface area contributed by atoms with Crippen molar-refractivity contribution < 1.29 is 24.6 Å². The molecular formula is C39H31N3O5. The van der Waals surface area contributed by atoms with Gasteiger partial charge < -0.3 is 19.8 Å². The summed E-state index contributed by atoms with van der Waals surface area (Å²) < 4.78 is 11.9. The number of oxime groups is 1. The monoisotopic (exact) mass is 621 g/mol. The van der Waals surface area contributed by atoms with Crippen LogP contribution in [0.25, 0.3) is 22.3 Å². The third-order valence-electron chi connectivity index (χ3n) is 7.66. The summed E-state index contributed by atoms with van der Waals surface area (Å²) in [5, 5.41) is 22.6. The lowest BCUT2D eigenvalue weighted by molar-refractivity contribution is -0.129. The lowest BCUT2D eigenvalue weighted by atomic mass is 9.87. The SMILES string of the molecule is O=C(O)/C(=N\O)C(c1ccc(OCc2ccc(-c3ccccc3)cn2)cc1)c1ccc(OCc2ccc(-c3ccccc3)cn2)cc1. The molecule has 0 radical (unpaired) electrons. The van der Waals surface area contributed by atoms with E-state index in [2.05, 4.69) is 15.1 Å². The van der Waals surface area contributed by atoms with E-state index < -0.39 is 17.6 Å². The predicted octanol–water partition coefficient (Wildman–Crippen LogP) is 8.02. The molecule has 232 valence electrons. The van der Waals surface area contributed by atoms with Gasteiger partial charge in [-0.15, -0.1) is 0 Å². The van der Waals surface area contributed by atoms with Crippen molar-refractivity contribution in [3.8, 4) is 33.8 Å². The second-order valence-electron chi connectivity index (χ2n) is 10.7. The van der Waals surface area contributed by atoms with Crippen LogP contribution in [0.3, 0.4) is 0 Å². The largest absolute Gasteiger partial charge is 0.487 e. The highest BCUT2D eigenvalue weighted by Gasteiger charge is 2.27. The van der Waals surface area contributed by atoms with Gasteiger partial charge >= 0.3 is 5.97 Å². The number of carboxylic acids is 1. The van der Waals surface area contributed by atoms with Crippen molar-refractivity contribution in [2.45, 2.75) is 19.1 Å². The first kappa shape index (κ1) is 30.7. The molecule has 0 bridgehead atoms. The van der Waals surface area contributed by atoms with E-state index in [1.165, 1.54) is 0 Å². The van der Waals surface area contributed by atoms with Crippen molar-refractivity contribution >= 4 is 11.7 Å². The summed E-state index contributed by atoms with van der Waals surface area (Å²) in [6.07, 6.45) is 3.64. The van der Waals surface area contributed by atoms with Crippen LogP contribution in [-0.2, 0) is 18.0 Å². The van der Waals surface area contributed by atoms with Gasteiger partial charge in [-0.25, -0.2) is 4.79 Å². The summed E-state index contributed by atoms with van der Waals surface area (Å²) >= 11 is 0. The van der Waals surface area contributed by atoms with Crippen LogP contribution < -0.4 is 9.47 Å². The Bertz CT molecular complexity index is 1800. The fraction of sp³-hybridized carbons (Fsp3) is 0.0769. The van der Waals surface area contributed by atoms with Crippen LogP contribution in [0.2, 0.25) is 0 Å². The van der Waals surface area contributed by atoms with E-state index in [1.54, 1.807) is 48.5 Å². The van der Waals surface area contributed by atoms with E-state index in [0.29, 0.717) is 22.6 Å². The lowest BCUT2D eigenvalue weighted by Crippen LogP contribution is -2.23. The smallest absolute Gasteiger partial charge is 0.354 e. The van der Waals surface area contributed by atoms with Gasteiger partial charge in [0.15, 0.2) is 5.71 Å². The summed E-state index contributed by atoms with van der Waals surface area (Å²) in [6, 6.07) is 42.0. The summed E-state index contributed by atoms with van der Waals surface area (Å²) in [6.45, 7) is 0.537. The molecule has 0 atom stereocenters. The molecule has 0 amide bonds. The molecule has 4 aromatic carbocycles. The molecule has 0 saturated carbocycles. The van der Waals surface area contributed by atoms with E-state index >= 15 is 0 Å². The molecule has 2 N–H and O–H groups in total. The normalized spacial score (nSPS) is 11.3. The second-order valence-corrected chi connectivity index (χ2v) is 10.7. The van der Waals surface area contributed by atoms with E-state index in [0.717, 1.165) is 33.6 Å². The fourth-order valence-electron chi connectivity index (χ4n) is 5.18. The van der Waals surface area contributed by atoms with Gasteiger partial charge in [0, 0.05) is 23.5 Å². The zero-order valence-corrected chi connectivity index (χ0v) is 25.3. The van der Waals surface area contributed by atoms with Crippen molar-refractivity contribution in [3.05, 3.63) is 168 Å². The van der Waals surface area contributed by atoms with Crippen LogP contribution in [0.5, 0.6) is 11.5 Å². The van der Waals surface area contributed by atoms with Crippen LogP contribution in [0.4, 0.5) is 0 Å². The first-order valence-corrected chi connectivity index (χ1v) is 15.0. The van der Waals surface area contributed by atoms with Gasteiger partial charge in [0.25, 0.3) is 0 Å². The summed E-state index contributed by atoms with van der Waals surface area (Å²) in [7, 11) is 0. The molecule has 2 heterocycles. The van der Waals surface area contributed by atoms with Gasteiger partial charge in [0.1, 0.15) is 24.7 Å². The zero-order valence-electron chi connectivity index (χ0n) is 25.3. The zero-order chi connectivity index (χ0) is 32.4. The minimum absolute atomic E-state index is 0.268. The molecule has 0 fully saturated rings. The van der Waals surface area contributed by atoms with Crippen molar-refractivity contribution in [1.82, 2.24) is 9.97 Å². The first-order valence-electron chi connectivity index (χ1n) is 15.0. The Labute approximate surface area is 272 Å². The summed E-state index contributed by atoms with van der Waals surface area (Å²) in [5.74, 6) is -0.977. The Morgan fingerprint density at radius 3 is 1.34 bits per heavy atom. The molecule has 6 rings (SSSR count). The number of aromatic nitrogens is 2. The van der Waals surface area contributed by atoms with Gasteiger partial charge in [0.05, 0.1) is 17.3 Å². The number of hydrogen-bond donors (Lipinski definition) is 2. The van der Waals surface area contributed by atoms with Crippen LogP contribution in [0.1, 0.15) is 28.4 Å². The number of nitrogens with zero attached hydrogens (tertiary/aromatic N) is 3. The second kappa shape index (κ2) is 14.7. The van der Waals surface area contributed by atoms with Crippen LogP contribution in [0.15, 0.2) is 151 Å². The molecule has 0 aliphatic carbocycles. The van der Waals surface area contributed by atoms with E-state index in [1.807, 2.05) is 97.3 Å². The number of hydrogen-bond acceptors (Lipinski definition) is 7. The minimum atomic E-state index is -1.33. The lowest BCUT2D eigenvalue weighted by Gasteiger charge is -2.18. The van der Waals surface area contributed by atoms with Crippen LogP contribution in [0, 0.1) is 0 Å². The van der Waals surface area contributed by atoms with E-state index in [9.17, 15) is 15.1 Å². The van der Waals surface area contributed by atoms with Crippen LogP contribution in [-0.4, -0.2) is 32.0 Å². The quantitative estimate of drug-likeness (QED) is 0.0808. The van der Waals surface area contributed by atoms with Crippen molar-refractivity contribution in [2.24, 2.45) is 5.16 Å². The van der Waals surface area contributed by atoms with Crippen molar-refractivity contribution in [1.29, 1.82) is 0 Å². The van der Waals surface area contributed by atoms with Crippen LogP contribution >= 0.6 is 0 Å². The third-order valence-corrected chi connectivity index (χ3v) is 7.66. The average molecular weight is 622 g/mol. The molecular weight excluding hydrogens is 590 g/mol. The standard InChI is InChI=1S/C39H31N3O5/c43-39(44)38(42-45)37(29-13-19-35(20-14-29)46-25-33-17-11-31(23-40-33)27-7-3-1-4-8-27)30-15-21-36(22-16-30)47-26-34-18-12-32(24-41-34)28-9-5-2-6-10-28/h1-24,37,45H,25-26H2,(H,43,44)/b42-38-. The molecule has 2 aromatic heterocycles. The predicted molar refractivity (Wildman–Crippen MR) is 180 cm³/mol. The Hall–Kier alpha value is -6.28. The number of aliphatic carboxylic acids is 1. The summed E-state index contributed by atoms with van der Waals surface area (Å²) in [4.78, 5) is 21.1. The maximum atomic E-state index is 12.0. The number of rotatable bonds is 12. The van der Waals surface area contributed by atoms with E-state index in [4.69, 9.17) is 9.47 Å². The van der Waals surface area contributed by atoms with Gasteiger partial charge in [-0.3, -0.25) is 9.97 Å². The summed E-state index contributed by atoms with van der Waals surface area (Å²) in [5.41, 5.74) is 6.61. The van der Waals surface area contributed by atoms with Gasteiger partial charge in [-0.1, -0.05) is 102 Å². The molecule has 6 aromatic rings. The molecule has 0 aliphatic heterocycles. The molecule has 47 heavy (non-hydrogen) atoms. The number of ether oxygens (including phenoxy) is 2. The van der Waals surface area contributed by atoms with Gasteiger partial charge in [0.2, 0.25) is 0 Å². The molecule has 0 unspecified atom stereocenters. The highest BCUT2D eigenvalue weighted by Crippen LogP contribution is 2.30. The molecule has 8 nitrogen and oxygen atoms in total. The Morgan fingerprint density at radius 2 is 1.00 bits per heavy atom. The Morgan fingerprint density at radius 1 is 0.574 bits per heavy atom. The van der Waals surface area contributed by atoms with Gasteiger partial charge in [-0.2, -0.15) is 0 Å². The number of carbonyl (C=O) groups is 1. The highest BCUT2D eigenvalue weighted by molar-refractivity contribution is 6.38. The molecule has 0 spiro atoms. The minimum Gasteiger partial charge on any atom is -0.487 e. The van der Waals surface area contributed by atoms with Gasteiger partial charge in [-0.05, 0) is 58.7 Å². The molecule has 0 saturated heterocycles. The number of pyridine rings is 2. The topological polar surface area (TPSA) is 114 Å². The fourth-order valence-corrected chi connectivity index (χ4v) is 5.18. The Balaban J connectivity index is 1.11. The maximum Gasteiger partial charge on any atom is 0.354 e. The van der Waals surface area contributed by atoms with Crippen molar-refractivity contribution in [3.63, 3.8) is 0 Å².